The van der Waals surface area contributed by atoms with Crippen molar-refractivity contribution in [2.75, 3.05) is 17.2 Å². The molecule has 2 atom stereocenters. The molecule has 0 spiro atoms. The highest BCUT2D eigenvalue weighted by Crippen LogP contribution is 2.31. The Morgan fingerprint density at radius 1 is 1.04 bits per heavy atom. The van der Waals surface area contributed by atoms with E-state index in [1.54, 1.807) is 30.3 Å². The lowest BCUT2D eigenvalue weighted by Gasteiger charge is -2.17. The highest BCUT2D eigenvalue weighted by molar-refractivity contribution is 6.05. The van der Waals surface area contributed by atoms with E-state index in [-0.39, 0.29) is 36.1 Å². The number of anilines is 2. The van der Waals surface area contributed by atoms with E-state index in [0.717, 1.165) is 19.3 Å². The Labute approximate surface area is 163 Å². The lowest BCUT2D eigenvalue weighted by atomic mass is 9.95. The maximum Gasteiger partial charge on any atom is 0.255 e. The summed E-state index contributed by atoms with van der Waals surface area (Å²) in [5.74, 6) is -0.706. The first-order valence-electron chi connectivity index (χ1n) is 8.74. The van der Waals surface area contributed by atoms with Crippen molar-refractivity contribution in [3.05, 3.63) is 59.9 Å². The van der Waals surface area contributed by atoms with Crippen molar-refractivity contribution in [3.8, 4) is 0 Å². The minimum atomic E-state index is -0.421. The molecule has 0 aliphatic heterocycles. The van der Waals surface area contributed by atoms with Gasteiger partial charge in [0.15, 0.2) is 0 Å². The number of halogens is 2. The van der Waals surface area contributed by atoms with Gasteiger partial charge in [-0.15, -0.1) is 12.4 Å². The average molecular weight is 392 g/mol. The Morgan fingerprint density at radius 3 is 2.44 bits per heavy atom. The van der Waals surface area contributed by atoms with E-state index < -0.39 is 5.82 Å². The van der Waals surface area contributed by atoms with Gasteiger partial charge in [0.25, 0.3) is 5.91 Å². The number of nitrogens with one attached hydrogen (secondary N) is 2. The van der Waals surface area contributed by atoms with E-state index >= 15 is 0 Å². The highest BCUT2D eigenvalue weighted by Gasteiger charge is 2.31. The third-order valence-electron chi connectivity index (χ3n) is 4.77. The van der Waals surface area contributed by atoms with Gasteiger partial charge in [-0.05, 0) is 61.7 Å². The molecule has 1 saturated carbocycles. The molecule has 0 radical (unpaired) electrons. The number of amides is 2. The van der Waals surface area contributed by atoms with E-state index in [4.69, 9.17) is 5.73 Å². The van der Waals surface area contributed by atoms with Crippen molar-refractivity contribution < 1.29 is 14.0 Å². The summed E-state index contributed by atoms with van der Waals surface area (Å²) in [5, 5.41) is 5.52. The number of carbonyl (C=O) groups is 2. The van der Waals surface area contributed by atoms with Gasteiger partial charge >= 0.3 is 0 Å². The number of hydrogen-bond acceptors (Lipinski definition) is 3. The van der Waals surface area contributed by atoms with Gasteiger partial charge in [-0.25, -0.2) is 4.39 Å². The van der Waals surface area contributed by atoms with Gasteiger partial charge in [0.2, 0.25) is 5.91 Å². The Hall–Kier alpha value is -2.44. The van der Waals surface area contributed by atoms with Crippen molar-refractivity contribution in [2.24, 2.45) is 17.6 Å². The lowest BCUT2D eigenvalue weighted by molar-refractivity contribution is -0.120. The van der Waals surface area contributed by atoms with Crippen LogP contribution in [0.4, 0.5) is 15.8 Å². The van der Waals surface area contributed by atoms with Crippen LogP contribution in [0.15, 0.2) is 48.5 Å². The quantitative estimate of drug-likeness (QED) is 0.724. The van der Waals surface area contributed by atoms with E-state index in [1.807, 2.05) is 0 Å². The Bertz CT molecular complexity index is 815. The van der Waals surface area contributed by atoms with Crippen LogP contribution in [-0.2, 0) is 4.79 Å². The van der Waals surface area contributed by atoms with Crippen molar-refractivity contribution in [1.29, 1.82) is 0 Å². The van der Waals surface area contributed by atoms with E-state index in [0.29, 0.717) is 23.5 Å². The van der Waals surface area contributed by atoms with Crippen LogP contribution in [0.3, 0.4) is 0 Å². The van der Waals surface area contributed by atoms with Gasteiger partial charge in [0, 0.05) is 22.9 Å². The second kappa shape index (κ2) is 9.48. The summed E-state index contributed by atoms with van der Waals surface area (Å²) in [7, 11) is 0. The summed E-state index contributed by atoms with van der Waals surface area (Å²) in [6.07, 6.45) is 2.83. The summed E-state index contributed by atoms with van der Waals surface area (Å²) in [6.45, 7) is 0.508. The van der Waals surface area contributed by atoms with E-state index in [2.05, 4.69) is 10.6 Å². The van der Waals surface area contributed by atoms with Crippen molar-refractivity contribution >= 4 is 35.6 Å². The normalized spacial score (nSPS) is 18.4. The monoisotopic (exact) mass is 391 g/mol. The molecule has 2 aromatic rings. The van der Waals surface area contributed by atoms with Gasteiger partial charge < -0.3 is 16.4 Å². The molecule has 4 N–H and O–H groups in total. The summed E-state index contributed by atoms with van der Waals surface area (Å²) >= 11 is 0. The molecule has 0 heterocycles. The standard InChI is InChI=1S/C20H22FN3O2.ClH/c21-15-6-3-8-17(11-15)23-19(25)13-4-1-7-16(10-13)24-20(26)18-9-2-5-14(18)12-22;/h1,3-4,6-8,10-11,14,18H,2,5,9,12,22H2,(H,23,25)(H,24,26);1H/t14-,18-;/m1./s1. The molecule has 5 nitrogen and oxygen atoms in total. The van der Waals surface area contributed by atoms with Crippen LogP contribution in [0.2, 0.25) is 0 Å². The maximum atomic E-state index is 13.2. The van der Waals surface area contributed by atoms with Gasteiger partial charge in [0.05, 0.1) is 0 Å². The zero-order valence-corrected chi connectivity index (χ0v) is 15.6. The van der Waals surface area contributed by atoms with Gasteiger partial charge in [-0.3, -0.25) is 9.59 Å². The fraction of sp³-hybridized carbons (Fsp3) is 0.300. The Balaban J connectivity index is 0.00000261. The maximum absolute atomic E-state index is 13.2. The van der Waals surface area contributed by atoms with Crippen LogP contribution < -0.4 is 16.4 Å². The minimum Gasteiger partial charge on any atom is -0.330 e. The third-order valence-corrected chi connectivity index (χ3v) is 4.77. The zero-order valence-electron chi connectivity index (χ0n) is 14.8. The Morgan fingerprint density at radius 2 is 1.74 bits per heavy atom. The first kappa shape index (κ1) is 20.9. The first-order valence-corrected chi connectivity index (χ1v) is 8.74. The summed E-state index contributed by atoms with van der Waals surface area (Å²) in [6, 6.07) is 12.4. The molecule has 27 heavy (non-hydrogen) atoms. The highest BCUT2D eigenvalue weighted by atomic mass is 35.5. The number of hydrogen-bond donors (Lipinski definition) is 3. The first-order chi connectivity index (χ1) is 12.6. The molecule has 0 unspecified atom stereocenters. The predicted molar refractivity (Wildman–Crippen MR) is 107 cm³/mol. The minimum absolute atomic E-state index is 0. The van der Waals surface area contributed by atoms with Crippen molar-refractivity contribution in [2.45, 2.75) is 19.3 Å². The molecule has 3 rings (SSSR count). The van der Waals surface area contributed by atoms with E-state index in [1.165, 1.54) is 18.2 Å². The van der Waals surface area contributed by atoms with Crippen LogP contribution in [0.25, 0.3) is 0 Å². The number of benzene rings is 2. The summed E-state index contributed by atoms with van der Waals surface area (Å²) in [5.41, 5.74) is 7.06. The molecule has 1 aliphatic carbocycles. The summed E-state index contributed by atoms with van der Waals surface area (Å²) < 4.78 is 13.2. The fourth-order valence-electron chi connectivity index (χ4n) is 3.41. The third kappa shape index (κ3) is 5.28. The van der Waals surface area contributed by atoms with Gasteiger partial charge in [-0.1, -0.05) is 18.6 Å². The molecule has 0 aromatic heterocycles. The number of carbonyl (C=O) groups excluding carboxylic acids is 2. The molecular weight excluding hydrogens is 369 g/mol. The molecule has 1 aliphatic rings. The van der Waals surface area contributed by atoms with Crippen LogP contribution in [0.1, 0.15) is 29.6 Å². The average Bonchev–Trinajstić information content (AvgIpc) is 3.11. The molecule has 144 valence electrons. The second-order valence-electron chi connectivity index (χ2n) is 6.57. The fourth-order valence-corrected chi connectivity index (χ4v) is 3.41. The summed E-state index contributed by atoms with van der Waals surface area (Å²) in [4.78, 5) is 24.8. The SMILES string of the molecule is Cl.NC[C@H]1CCC[C@H]1C(=O)Nc1cccc(C(=O)Nc2cccc(F)c2)c1. The lowest BCUT2D eigenvalue weighted by Crippen LogP contribution is -2.29. The number of nitrogens with two attached hydrogens (primary N) is 1. The van der Waals surface area contributed by atoms with Crippen LogP contribution >= 0.6 is 12.4 Å². The predicted octanol–water partition coefficient (Wildman–Crippen LogP) is 3.81. The molecule has 7 heteroatoms. The van der Waals surface area contributed by atoms with Crippen LogP contribution in [0, 0.1) is 17.7 Å². The number of rotatable bonds is 5. The smallest absolute Gasteiger partial charge is 0.255 e. The Kier molecular flexibility index (Phi) is 7.33. The molecule has 0 saturated heterocycles. The molecule has 1 fully saturated rings. The largest absolute Gasteiger partial charge is 0.330 e. The topological polar surface area (TPSA) is 84.2 Å². The molecule has 2 amide bonds. The second-order valence-corrected chi connectivity index (χ2v) is 6.57. The molecular formula is C20H23ClFN3O2. The molecule has 0 bridgehead atoms. The zero-order chi connectivity index (χ0) is 18.5. The van der Waals surface area contributed by atoms with Gasteiger partial charge in [-0.2, -0.15) is 0 Å². The van der Waals surface area contributed by atoms with Gasteiger partial charge in [0.1, 0.15) is 5.82 Å². The van der Waals surface area contributed by atoms with Crippen LogP contribution in [0.5, 0.6) is 0 Å². The van der Waals surface area contributed by atoms with Crippen molar-refractivity contribution in [3.63, 3.8) is 0 Å². The van der Waals surface area contributed by atoms with E-state index in [9.17, 15) is 14.0 Å². The van der Waals surface area contributed by atoms with Crippen LogP contribution in [-0.4, -0.2) is 18.4 Å². The van der Waals surface area contributed by atoms with Crippen molar-refractivity contribution in [1.82, 2.24) is 0 Å². The molecule has 2 aromatic carbocycles.